The maximum absolute atomic E-state index is 14.2. The number of aliphatic hydroxyl groups excluding tert-OH is 2. The lowest BCUT2D eigenvalue weighted by molar-refractivity contribution is -0.130. The summed E-state index contributed by atoms with van der Waals surface area (Å²) in [4.78, 5) is 26.4. The van der Waals surface area contributed by atoms with E-state index in [1.165, 1.54) is 32.1 Å². The molecule has 1 aromatic carbocycles. The lowest BCUT2D eigenvalue weighted by atomic mass is 9.99. The topological polar surface area (TPSA) is 107 Å². The summed E-state index contributed by atoms with van der Waals surface area (Å²) >= 11 is 0. The summed E-state index contributed by atoms with van der Waals surface area (Å²) in [6, 6.07) is 3.07. The van der Waals surface area contributed by atoms with Crippen molar-refractivity contribution in [3.63, 3.8) is 0 Å². The monoisotopic (exact) mass is 407 g/mol. The van der Waals surface area contributed by atoms with Gasteiger partial charge in [0.2, 0.25) is 5.78 Å². The van der Waals surface area contributed by atoms with Crippen molar-refractivity contribution in [3.8, 4) is 5.75 Å². The molecular formula is C21H26FNO6. The second-order valence-electron chi connectivity index (χ2n) is 7.32. The van der Waals surface area contributed by atoms with Crippen LogP contribution >= 0.6 is 0 Å². The van der Waals surface area contributed by atoms with Crippen LogP contribution in [0.2, 0.25) is 0 Å². The number of nitrogens with zero attached hydrogens (tertiary/aromatic N) is 1. The summed E-state index contributed by atoms with van der Waals surface area (Å²) < 4.78 is 19.5. The third-order valence-corrected chi connectivity index (χ3v) is 4.84. The van der Waals surface area contributed by atoms with Crippen LogP contribution in [0.3, 0.4) is 0 Å². The molecule has 0 radical (unpaired) electrons. The lowest BCUT2D eigenvalue weighted by Gasteiger charge is -2.21. The molecule has 3 N–H and O–H groups in total. The van der Waals surface area contributed by atoms with Crippen molar-refractivity contribution in [2.75, 3.05) is 19.0 Å². The minimum Gasteiger partial charge on any atom is -0.507 e. The van der Waals surface area contributed by atoms with E-state index in [1.54, 1.807) is 25.1 Å². The first-order valence-electron chi connectivity index (χ1n) is 9.22. The molecule has 0 amide bonds. The Hall–Kier alpha value is -2.71. The van der Waals surface area contributed by atoms with Gasteiger partial charge in [-0.15, -0.1) is 0 Å². The zero-order chi connectivity index (χ0) is 21.9. The number of aromatic hydroxyl groups is 1. The van der Waals surface area contributed by atoms with Gasteiger partial charge in [-0.05, 0) is 31.1 Å². The van der Waals surface area contributed by atoms with Crippen LogP contribution in [0.15, 0.2) is 30.1 Å². The number of carbonyl (C=O) groups excluding carboxylic acids is 2. The number of hydrogen-bond donors (Lipinski definition) is 3. The third-order valence-electron chi connectivity index (χ3n) is 4.84. The maximum atomic E-state index is 14.2. The molecule has 1 aromatic rings. The molecule has 0 unspecified atom stereocenters. The molecule has 0 saturated carbocycles. The van der Waals surface area contributed by atoms with Gasteiger partial charge in [0.1, 0.15) is 23.5 Å². The highest BCUT2D eigenvalue weighted by Gasteiger charge is 2.29. The van der Waals surface area contributed by atoms with Gasteiger partial charge in [0, 0.05) is 31.8 Å². The number of esters is 1. The Labute approximate surface area is 168 Å². The van der Waals surface area contributed by atoms with Crippen LogP contribution in [0.1, 0.15) is 36.2 Å². The molecule has 0 bridgehead atoms. The molecule has 0 aliphatic carbocycles. The molecule has 0 saturated heterocycles. The van der Waals surface area contributed by atoms with Gasteiger partial charge in [0.05, 0.1) is 6.10 Å². The number of ether oxygens (including phenoxy) is 1. The number of anilines is 1. The van der Waals surface area contributed by atoms with Crippen LogP contribution < -0.4 is 4.90 Å². The van der Waals surface area contributed by atoms with Crippen LogP contribution in [-0.2, 0) is 9.53 Å². The first-order chi connectivity index (χ1) is 13.5. The summed E-state index contributed by atoms with van der Waals surface area (Å²) in [6.45, 7) is 3.06. The lowest BCUT2D eigenvalue weighted by Crippen LogP contribution is -2.34. The van der Waals surface area contributed by atoms with Gasteiger partial charge in [0.15, 0.2) is 5.83 Å². The largest absolute Gasteiger partial charge is 0.507 e. The number of phenolic OH excluding ortho intramolecular Hbond substituents is 1. The second-order valence-corrected chi connectivity index (χ2v) is 7.32. The molecule has 0 aromatic heterocycles. The summed E-state index contributed by atoms with van der Waals surface area (Å²) in [5.41, 5.74) is 0.894. The normalized spacial score (nSPS) is 29.1. The van der Waals surface area contributed by atoms with Gasteiger partial charge in [0.25, 0.3) is 0 Å². The predicted molar refractivity (Wildman–Crippen MR) is 106 cm³/mol. The molecular weight excluding hydrogens is 381 g/mol. The highest BCUT2D eigenvalue weighted by atomic mass is 19.1. The van der Waals surface area contributed by atoms with E-state index in [0.717, 1.165) is 6.08 Å². The molecule has 4 atom stereocenters. The standard InChI is InChI=1S/C21H26FNO6/c1-11-8-15(22)19(26)20(27)16(24)7-5-6-13-9-14(23(3)4)10-17(25)18(13)21(28)29-12(11)2/h5-6,8-12,16,20,24-25,27H,7H2,1-4H3/b6-5+,15-8+/t11-,12-,16-,20-/m0/s1. The van der Waals surface area contributed by atoms with E-state index >= 15 is 0 Å². The quantitative estimate of drug-likeness (QED) is 0.613. The minimum atomic E-state index is -1.93. The third kappa shape index (κ3) is 5.21. The second kappa shape index (κ2) is 9.19. The number of ketones is 1. The molecule has 0 spiro atoms. The average molecular weight is 407 g/mol. The van der Waals surface area contributed by atoms with Crippen molar-refractivity contribution in [1.29, 1.82) is 0 Å². The van der Waals surface area contributed by atoms with Crippen LogP contribution in [0.4, 0.5) is 10.1 Å². The van der Waals surface area contributed by atoms with Crippen LogP contribution in [0.5, 0.6) is 5.75 Å². The summed E-state index contributed by atoms with van der Waals surface area (Å²) in [5.74, 6) is -4.24. The predicted octanol–water partition coefficient (Wildman–Crippen LogP) is 2.20. The molecule has 0 fully saturated rings. The van der Waals surface area contributed by atoms with E-state index in [9.17, 15) is 29.3 Å². The number of hydrogen-bond acceptors (Lipinski definition) is 7. The first kappa shape index (κ1) is 22.6. The van der Waals surface area contributed by atoms with E-state index in [-0.39, 0.29) is 17.7 Å². The summed E-state index contributed by atoms with van der Waals surface area (Å²) in [5, 5.41) is 30.4. The smallest absolute Gasteiger partial charge is 0.342 e. The fraction of sp³-hybridized carbons (Fsp3) is 0.429. The van der Waals surface area contributed by atoms with Gasteiger partial charge >= 0.3 is 5.97 Å². The number of Topliss-reactive ketones (excluding diaryl/α,β-unsaturated/α-hetero) is 1. The van der Waals surface area contributed by atoms with E-state index in [4.69, 9.17) is 4.74 Å². The van der Waals surface area contributed by atoms with Gasteiger partial charge < -0.3 is 25.0 Å². The van der Waals surface area contributed by atoms with Crippen molar-refractivity contribution < 1.29 is 34.0 Å². The number of halogens is 1. The molecule has 7 nitrogen and oxygen atoms in total. The van der Waals surface area contributed by atoms with Crippen molar-refractivity contribution in [2.24, 2.45) is 5.92 Å². The number of rotatable bonds is 1. The SMILES string of the molecule is C[C@@H]1OC(=O)c2c(O)cc(N(C)C)cc2/C=C/C[C@H](O)[C@H](O)C(=O)/C(F)=C\[C@@H]1C. The summed E-state index contributed by atoms with van der Waals surface area (Å²) in [7, 11) is 3.53. The molecule has 8 heteroatoms. The molecule has 1 aliphatic rings. The Bertz CT molecular complexity index is 848. The van der Waals surface area contributed by atoms with Gasteiger partial charge in [-0.25, -0.2) is 9.18 Å². The number of aliphatic hydroxyl groups is 2. The van der Waals surface area contributed by atoms with Crippen molar-refractivity contribution >= 4 is 23.5 Å². The van der Waals surface area contributed by atoms with Crippen molar-refractivity contribution in [2.45, 2.75) is 38.6 Å². The average Bonchev–Trinajstić information content (AvgIpc) is 2.65. The zero-order valence-electron chi connectivity index (χ0n) is 16.8. The molecule has 1 aliphatic heterocycles. The number of cyclic esters (lactones) is 1. The van der Waals surface area contributed by atoms with Gasteiger partial charge in [-0.2, -0.15) is 0 Å². The van der Waals surface area contributed by atoms with E-state index in [0.29, 0.717) is 11.3 Å². The Morgan fingerprint density at radius 1 is 1.17 bits per heavy atom. The number of benzene rings is 1. The first-order valence-corrected chi connectivity index (χ1v) is 9.22. The van der Waals surface area contributed by atoms with Crippen LogP contribution in [0, 0.1) is 5.92 Å². The highest BCUT2D eigenvalue weighted by molar-refractivity contribution is 5.98. The van der Waals surface area contributed by atoms with Crippen molar-refractivity contribution in [1.82, 2.24) is 0 Å². The van der Waals surface area contributed by atoms with E-state index in [2.05, 4.69) is 0 Å². The number of carbonyl (C=O) groups is 2. The highest BCUT2D eigenvalue weighted by Crippen LogP contribution is 2.31. The summed E-state index contributed by atoms with van der Waals surface area (Å²) in [6.07, 6.45) is -0.627. The Kier molecular flexibility index (Phi) is 7.16. The maximum Gasteiger partial charge on any atom is 0.342 e. The zero-order valence-corrected chi connectivity index (χ0v) is 16.8. The Balaban J connectivity index is 2.56. The Morgan fingerprint density at radius 3 is 2.45 bits per heavy atom. The fourth-order valence-electron chi connectivity index (χ4n) is 2.81. The van der Waals surface area contributed by atoms with Crippen LogP contribution in [-0.4, -0.2) is 59.5 Å². The number of phenols is 1. The fourth-order valence-corrected chi connectivity index (χ4v) is 2.81. The number of fused-ring (bicyclic) bond motifs is 1. The molecule has 1 heterocycles. The Morgan fingerprint density at radius 2 is 1.83 bits per heavy atom. The van der Waals surface area contributed by atoms with Crippen LogP contribution in [0.25, 0.3) is 6.08 Å². The van der Waals surface area contributed by atoms with E-state index < -0.39 is 41.8 Å². The van der Waals surface area contributed by atoms with Gasteiger partial charge in [-0.3, -0.25) is 4.79 Å². The molecule has 29 heavy (non-hydrogen) atoms. The van der Waals surface area contributed by atoms with E-state index in [1.807, 2.05) is 0 Å². The minimum absolute atomic E-state index is 0.0708. The van der Waals surface area contributed by atoms with Gasteiger partial charge in [-0.1, -0.05) is 19.1 Å². The van der Waals surface area contributed by atoms with Crippen molar-refractivity contribution in [3.05, 3.63) is 41.2 Å². The molecule has 2 rings (SSSR count). The molecule has 158 valence electrons.